The van der Waals surface area contributed by atoms with Gasteiger partial charge in [0.15, 0.2) is 12.1 Å². The molecule has 5 aromatic rings. The smallest absolute Gasteiger partial charge is 0.282 e. The van der Waals surface area contributed by atoms with Crippen LogP contribution in [0.2, 0.25) is 0 Å². The van der Waals surface area contributed by atoms with Gasteiger partial charge >= 0.3 is 0 Å². The Morgan fingerprint density at radius 1 is 1.00 bits per heavy atom. The Balaban J connectivity index is 1.18. The number of pyridine rings is 3. The standard InChI is InChI=1S/C34H37N9O4/c1-5-30-26-14-37-43(33(45)27(26)17-39(30)3)32-28(18-44)25(8-9-35-32)22-12-29(34(46)40(4)16-22)38-31-7-6-23(13-36-31)42-11-10-41(15-21(42)2)24-19-47-20-24/h6-9,12-14,16-18,21,24H,5,10-11,15,19-20H2,1-4H3,(H,36,38). The maximum absolute atomic E-state index is 13.5. The van der Waals surface area contributed by atoms with Crippen molar-refractivity contribution in [2.75, 3.05) is 43.1 Å². The molecule has 2 aliphatic rings. The summed E-state index contributed by atoms with van der Waals surface area (Å²) in [5.41, 5.74) is 2.95. The Morgan fingerprint density at radius 2 is 1.83 bits per heavy atom. The molecule has 242 valence electrons. The molecule has 0 aliphatic carbocycles. The van der Waals surface area contributed by atoms with Gasteiger partial charge in [0.05, 0.1) is 48.3 Å². The molecule has 0 amide bonds. The summed E-state index contributed by atoms with van der Waals surface area (Å²) in [4.78, 5) is 53.2. The number of piperazine rings is 1. The number of carbonyl (C=O) groups is 1. The fourth-order valence-electron chi connectivity index (χ4n) is 6.72. The first-order valence-electron chi connectivity index (χ1n) is 15.8. The zero-order valence-electron chi connectivity index (χ0n) is 26.9. The van der Waals surface area contributed by atoms with Gasteiger partial charge in [-0.25, -0.2) is 9.97 Å². The second-order valence-electron chi connectivity index (χ2n) is 12.3. The number of ether oxygens (including phenoxy) is 1. The third kappa shape index (κ3) is 5.40. The van der Waals surface area contributed by atoms with Crippen LogP contribution in [0.4, 0.5) is 17.2 Å². The number of anilines is 3. The van der Waals surface area contributed by atoms with E-state index in [0.717, 1.165) is 60.7 Å². The molecule has 0 bridgehead atoms. The van der Waals surface area contributed by atoms with E-state index < -0.39 is 0 Å². The van der Waals surface area contributed by atoms with Gasteiger partial charge in [0.1, 0.15) is 11.5 Å². The van der Waals surface area contributed by atoms with Gasteiger partial charge in [0.2, 0.25) is 0 Å². The molecule has 0 spiro atoms. The zero-order chi connectivity index (χ0) is 32.8. The molecule has 2 aliphatic heterocycles. The van der Waals surface area contributed by atoms with Crippen molar-refractivity contribution in [3.05, 3.63) is 87.2 Å². The van der Waals surface area contributed by atoms with E-state index in [1.807, 2.05) is 36.9 Å². The fraction of sp³-hybridized carbons (Fsp3) is 0.353. The van der Waals surface area contributed by atoms with Crippen LogP contribution in [0.1, 0.15) is 29.9 Å². The SMILES string of the molecule is CCc1c2cnn(-c3nccc(-c4cc(Nc5ccc(N6CCN(C7COC7)CC6C)cn5)c(=O)n(C)c4)c3C=O)c(=O)c2cn1C. The molecular weight excluding hydrogens is 598 g/mol. The monoisotopic (exact) mass is 635 g/mol. The van der Waals surface area contributed by atoms with Gasteiger partial charge in [-0.15, -0.1) is 0 Å². The minimum absolute atomic E-state index is 0.114. The van der Waals surface area contributed by atoms with Gasteiger partial charge in [-0.2, -0.15) is 9.78 Å². The van der Waals surface area contributed by atoms with Crippen LogP contribution in [0.5, 0.6) is 0 Å². The summed E-state index contributed by atoms with van der Waals surface area (Å²) in [5, 5.41) is 8.83. The van der Waals surface area contributed by atoms with Gasteiger partial charge < -0.3 is 24.1 Å². The lowest BCUT2D eigenvalue weighted by atomic mass is 10.0. The van der Waals surface area contributed by atoms with E-state index >= 15 is 0 Å². The molecule has 0 aromatic carbocycles. The largest absolute Gasteiger partial charge is 0.378 e. The zero-order valence-corrected chi connectivity index (χ0v) is 26.9. The number of aromatic nitrogens is 6. The van der Waals surface area contributed by atoms with Crippen molar-refractivity contribution in [1.82, 2.24) is 33.8 Å². The highest BCUT2D eigenvalue weighted by Crippen LogP contribution is 2.28. The number of rotatable bonds is 8. The van der Waals surface area contributed by atoms with Gasteiger partial charge in [0, 0.05) is 75.0 Å². The predicted molar refractivity (Wildman–Crippen MR) is 180 cm³/mol. The Morgan fingerprint density at radius 3 is 2.51 bits per heavy atom. The second kappa shape index (κ2) is 12.2. The number of nitrogens with one attached hydrogen (secondary N) is 1. The lowest BCUT2D eigenvalue weighted by Crippen LogP contribution is -2.59. The summed E-state index contributed by atoms with van der Waals surface area (Å²) in [7, 11) is 3.54. The maximum Gasteiger partial charge on any atom is 0.282 e. The molecule has 47 heavy (non-hydrogen) atoms. The number of carbonyl (C=O) groups excluding carboxylic acids is 1. The number of aryl methyl sites for hydroxylation is 3. The number of fused-ring (bicyclic) bond motifs is 1. The topological polar surface area (TPSA) is 132 Å². The van der Waals surface area contributed by atoms with Crippen LogP contribution < -0.4 is 21.3 Å². The van der Waals surface area contributed by atoms with Crippen molar-refractivity contribution in [3.8, 4) is 16.9 Å². The fourth-order valence-corrected chi connectivity index (χ4v) is 6.72. The molecule has 2 fully saturated rings. The molecule has 1 atom stereocenters. The minimum Gasteiger partial charge on any atom is -0.378 e. The number of aldehydes is 1. The summed E-state index contributed by atoms with van der Waals surface area (Å²) in [6.45, 7) is 8.73. The number of hydrogen-bond acceptors (Lipinski definition) is 10. The summed E-state index contributed by atoms with van der Waals surface area (Å²) in [5.74, 6) is 0.633. The molecule has 7 rings (SSSR count). The summed E-state index contributed by atoms with van der Waals surface area (Å²) in [6, 6.07) is 8.10. The molecule has 0 radical (unpaired) electrons. The van der Waals surface area contributed by atoms with Crippen LogP contribution in [0.3, 0.4) is 0 Å². The van der Waals surface area contributed by atoms with E-state index in [9.17, 15) is 14.4 Å². The van der Waals surface area contributed by atoms with Crippen LogP contribution in [-0.4, -0.2) is 85.0 Å². The van der Waals surface area contributed by atoms with Gasteiger partial charge in [-0.1, -0.05) is 6.92 Å². The normalized spacial score (nSPS) is 17.2. The number of hydrogen-bond donors (Lipinski definition) is 1. The summed E-state index contributed by atoms with van der Waals surface area (Å²) < 4.78 is 9.89. The Hall–Kier alpha value is -5.14. The highest BCUT2D eigenvalue weighted by atomic mass is 16.5. The molecule has 5 aromatic heterocycles. The van der Waals surface area contributed by atoms with Gasteiger partial charge in [0.25, 0.3) is 11.1 Å². The summed E-state index contributed by atoms with van der Waals surface area (Å²) in [6.07, 6.45) is 9.82. The lowest BCUT2D eigenvalue weighted by Gasteiger charge is -2.46. The van der Waals surface area contributed by atoms with Crippen molar-refractivity contribution < 1.29 is 9.53 Å². The highest BCUT2D eigenvalue weighted by Gasteiger charge is 2.32. The van der Waals surface area contributed by atoms with Crippen LogP contribution in [-0.2, 0) is 25.3 Å². The van der Waals surface area contributed by atoms with E-state index in [1.54, 1.807) is 37.8 Å². The molecule has 13 heteroatoms. The molecule has 1 unspecified atom stereocenters. The van der Waals surface area contributed by atoms with Gasteiger partial charge in [-0.3, -0.25) is 19.3 Å². The van der Waals surface area contributed by atoms with Crippen LogP contribution in [0.15, 0.2) is 64.8 Å². The third-order valence-corrected chi connectivity index (χ3v) is 9.33. The first kappa shape index (κ1) is 30.5. The highest BCUT2D eigenvalue weighted by molar-refractivity contribution is 5.92. The second-order valence-corrected chi connectivity index (χ2v) is 12.3. The molecule has 0 saturated carbocycles. The minimum atomic E-state index is -0.368. The van der Waals surface area contributed by atoms with E-state index in [-0.39, 0.29) is 22.5 Å². The van der Waals surface area contributed by atoms with Crippen molar-refractivity contribution in [2.24, 2.45) is 14.1 Å². The predicted octanol–water partition coefficient (Wildman–Crippen LogP) is 2.91. The van der Waals surface area contributed by atoms with Crippen molar-refractivity contribution in [1.29, 1.82) is 0 Å². The van der Waals surface area contributed by atoms with Crippen LogP contribution in [0, 0.1) is 0 Å². The average molecular weight is 636 g/mol. The van der Waals surface area contributed by atoms with Crippen molar-refractivity contribution in [2.45, 2.75) is 32.4 Å². The van der Waals surface area contributed by atoms with E-state index in [2.05, 4.69) is 37.1 Å². The Labute approximate surface area is 271 Å². The molecule has 1 N–H and O–H groups in total. The van der Waals surface area contributed by atoms with E-state index in [0.29, 0.717) is 46.4 Å². The molecule has 13 nitrogen and oxygen atoms in total. The van der Waals surface area contributed by atoms with Crippen molar-refractivity contribution in [3.63, 3.8) is 0 Å². The van der Waals surface area contributed by atoms with Crippen LogP contribution >= 0.6 is 0 Å². The number of nitrogens with zero attached hydrogens (tertiary/aromatic N) is 8. The maximum atomic E-state index is 13.5. The quantitative estimate of drug-likeness (QED) is 0.254. The van der Waals surface area contributed by atoms with Crippen LogP contribution in [0.25, 0.3) is 27.7 Å². The first-order chi connectivity index (χ1) is 22.8. The molecular formula is C34H37N9O4. The third-order valence-electron chi connectivity index (χ3n) is 9.33. The van der Waals surface area contributed by atoms with E-state index in [4.69, 9.17) is 4.74 Å². The van der Waals surface area contributed by atoms with E-state index in [1.165, 1.54) is 10.8 Å². The Kier molecular flexibility index (Phi) is 7.94. The summed E-state index contributed by atoms with van der Waals surface area (Å²) >= 11 is 0. The molecule has 7 heterocycles. The van der Waals surface area contributed by atoms with Gasteiger partial charge in [-0.05, 0) is 43.2 Å². The van der Waals surface area contributed by atoms with Crippen molar-refractivity contribution >= 4 is 34.3 Å². The first-order valence-corrected chi connectivity index (χ1v) is 15.8. The lowest BCUT2D eigenvalue weighted by molar-refractivity contribution is -0.0691. The Bertz CT molecular complexity index is 2100. The average Bonchev–Trinajstić information content (AvgIpc) is 3.38. The molecule has 2 saturated heterocycles.